The van der Waals surface area contributed by atoms with Gasteiger partial charge < -0.3 is 5.23 Å². The van der Waals surface area contributed by atoms with E-state index in [9.17, 15) is 0 Å². The third-order valence-corrected chi connectivity index (χ3v) is 5.91. The van der Waals surface area contributed by atoms with E-state index in [2.05, 4.69) is 89.2 Å². The molecule has 1 heterocycles. The van der Waals surface area contributed by atoms with Gasteiger partial charge in [0.15, 0.2) is 0 Å². The number of rotatable bonds is 1. The van der Waals surface area contributed by atoms with Gasteiger partial charge in [-0.1, -0.05) is 58.7 Å². The zero-order valence-electron chi connectivity index (χ0n) is 16.6. The molecule has 0 aliphatic carbocycles. The molecule has 0 fully saturated rings. The second kappa shape index (κ2) is 6.05. The van der Waals surface area contributed by atoms with Gasteiger partial charge in [-0.3, -0.25) is 0 Å². The van der Waals surface area contributed by atoms with E-state index in [1.165, 1.54) is 61.1 Å². The van der Waals surface area contributed by atoms with Gasteiger partial charge in [-0.05, 0) is 75.2 Å². The largest absolute Gasteiger partial charge is 0.420 e. The summed E-state index contributed by atoms with van der Waals surface area (Å²) in [4.78, 5) is 0. The molecule has 4 rings (SSSR count). The van der Waals surface area contributed by atoms with Crippen molar-refractivity contribution in [1.29, 1.82) is 0 Å². The van der Waals surface area contributed by atoms with Gasteiger partial charge in [-0.25, -0.2) is 0 Å². The summed E-state index contributed by atoms with van der Waals surface area (Å²) in [5, 5.41) is 3.86. The molecule has 0 amide bonds. The number of hydrogen-bond donors (Lipinski definition) is 1. The van der Waals surface area contributed by atoms with Crippen molar-refractivity contribution in [3.8, 4) is 11.1 Å². The van der Waals surface area contributed by atoms with Crippen LogP contribution in [0.3, 0.4) is 0 Å². The Labute approximate surface area is 157 Å². The van der Waals surface area contributed by atoms with Crippen LogP contribution in [0.1, 0.15) is 33.4 Å². The van der Waals surface area contributed by atoms with Gasteiger partial charge in [-0.2, -0.15) is 0 Å². The molecule has 3 aromatic rings. The van der Waals surface area contributed by atoms with Crippen molar-refractivity contribution in [3.63, 3.8) is 0 Å². The summed E-state index contributed by atoms with van der Waals surface area (Å²) in [5.74, 6) is 0. The summed E-state index contributed by atoms with van der Waals surface area (Å²) in [6, 6.07) is 15.7. The van der Waals surface area contributed by atoms with Crippen LogP contribution in [0, 0.1) is 41.5 Å². The molecule has 1 aliphatic rings. The number of anilines is 1. The molecule has 1 aliphatic heterocycles. The Hall–Kier alpha value is -2.48. The Morgan fingerprint density at radius 2 is 1.31 bits per heavy atom. The van der Waals surface area contributed by atoms with Crippen molar-refractivity contribution >= 4 is 23.5 Å². The number of fused-ring (bicyclic) bond motifs is 3. The molecular formula is C24H26BN. The first-order valence-corrected chi connectivity index (χ1v) is 9.43. The van der Waals surface area contributed by atoms with Gasteiger partial charge in [0.05, 0.1) is 0 Å². The monoisotopic (exact) mass is 339 g/mol. The molecule has 1 nitrogen and oxygen atoms in total. The molecule has 130 valence electrons. The lowest BCUT2D eigenvalue weighted by atomic mass is 9.44. The summed E-state index contributed by atoms with van der Waals surface area (Å²) < 4.78 is 0. The molecule has 3 aromatic carbocycles. The van der Waals surface area contributed by atoms with E-state index in [0.717, 1.165) is 0 Å². The molecule has 0 atom stereocenters. The average molecular weight is 339 g/mol. The maximum Gasteiger partial charge on any atom is 0.322 e. The summed E-state index contributed by atoms with van der Waals surface area (Å²) in [6.45, 7) is 13.6. The molecular weight excluding hydrogens is 313 g/mol. The predicted octanol–water partition coefficient (Wildman–Crippen LogP) is 4.74. The molecule has 26 heavy (non-hydrogen) atoms. The highest BCUT2D eigenvalue weighted by Gasteiger charge is 2.34. The second-order valence-electron chi connectivity index (χ2n) is 7.86. The van der Waals surface area contributed by atoms with Crippen LogP contribution in [0.5, 0.6) is 0 Å². The Morgan fingerprint density at radius 3 is 2.00 bits per heavy atom. The van der Waals surface area contributed by atoms with Crippen molar-refractivity contribution in [2.24, 2.45) is 0 Å². The molecule has 2 heteroatoms. The smallest absolute Gasteiger partial charge is 0.322 e. The first-order chi connectivity index (χ1) is 12.4. The Kier molecular flexibility index (Phi) is 3.95. The van der Waals surface area contributed by atoms with Crippen molar-refractivity contribution in [1.82, 2.24) is 0 Å². The first kappa shape index (κ1) is 17.0. The highest BCUT2D eigenvalue weighted by atomic mass is 14.8. The van der Waals surface area contributed by atoms with Crippen LogP contribution < -0.4 is 16.2 Å². The lowest BCUT2D eigenvalue weighted by Crippen LogP contribution is -2.55. The molecule has 0 aromatic heterocycles. The molecule has 0 unspecified atom stereocenters. The summed E-state index contributed by atoms with van der Waals surface area (Å²) >= 11 is 0. The first-order valence-electron chi connectivity index (χ1n) is 9.43. The van der Waals surface area contributed by atoms with Crippen LogP contribution in [-0.2, 0) is 0 Å². The van der Waals surface area contributed by atoms with Crippen LogP contribution in [0.4, 0.5) is 5.69 Å². The van der Waals surface area contributed by atoms with E-state index in [-0.39, 0.29) is 6.85 Å². The Bertz CT molecular complexity index is 1010. The van der Waals surface area contributed by atoms with Crippen LogP contribution in [0.15, 0.2) is 42.5 Å². The SMILES string of the molecule is Cc1cc(C)c(B2Nc3ccccc3-c3c(C)c(C)cc(C)c32)c(C)c1. The number of nitrogens with one attached hydrogen (secondary N) is 1. The van der Waals surface area contributed by atoms with E-state index in [1.807, 2.05) is 0 Å². The molecule has 1 N–H and O–H groups in total. The van der Waals surface area contributed by atoms with Crippen molar-refractivity contribution in [2.45, 2.75) is 41.5 Å². The van der Waals surface area contributed by atoms with E-state index < -0.39 is 0 Å². The van der Waals surface area contributed by atoms with Crippen LogP contribution in [0.25, 0.3) is 11.1 Å². The molecule has 0 bridgehead atoms. The average Bonchev–Trinajstić information content (AvgIpc) is 2.57. The molecule has 0 radical (unpaired) electrons. The van der Waals surface area contributed by atoms with Gasteiger partial charge >= 0.3 is 6.85 Å². The third kappa shape index (κ3) is 2.48. The van der Waals surface area contributed by atoms with E-state index in [0.29, 0.717) is 0 Å². The van der Waals surface area contributed by atoms with Crippen LogP contribution in [0.2, 0.25) is 0 Å². The van der Waals surface area contributed by atoms with Gasteiger partial charge in [-0.15, -0.1) is 0 Å². The van der Waals surface area contributed by atoms with Crippen molar-refractivity contribution in [3.05, 3.63) is 75.8 Å². The third-order valence-electron chi connectivity index (χ3n) is 5.91. The maximum absolute atomic E-state index is 3.86. The van der Waals surface area contributed by atoms with E-state index in [4.69, 9.17) is 0 Å². The Morgan fingerprint density at radius 1 is 0.692 bits per heavy atom. The standard InChI is InChI=1S/C24H26BN/c1-14-11-16(3)23(17(4)12-14)25-24-18(5)13-15(2)19(6)22(24)20-9-7-8-10-21(20)26-25/h7-13,26H,1-6H3. The topological polar surface area (TPSA) is 12.0 Å². The van der Waals surface area contributed by atoms with Gasteiger partial charge in [0.1, 0.15) is 0 Å². The highest BCUT2D eigenvalue weighted by Crippen LogP contribution is 2.35. The fourth-order valence-corrected chi connectivity index (χ4v) is 4.74. The zero-order chi connectivity index (χ0) is 18.6. The fraction of sp³-hybridized carbons (Fsp3) is 0.250. The minimum atomic E-state index is 0.194. The quantitative estimate of drug-likeness (QED) is 0.632. The minimum Gasteiger partial charge on any atom is -0.420 e. The predicted molar refractivity (Wildman–Crippen MR) is 115 cm³/mol. The summed E-state index contributed by atoms with van der Waals surface area (Å²) in [5.41, 5.74) is 15.0. The summed E-state index contributed by atoms with van der Waals surface area (Å²) in [7, 11) is 0. The number of aryl methyl sites for hydroxylation is 5. The number of benzene rings is 3. The summed E-state index contributed by atoms with van der Waals surface area (Å²) in [6.07, 6.45) is 0. The normalized spacial score (nSPS) is 12.5. The lowest BCUT2D eigenvalue weighted by molar-refractivity contribution is 1.31. The second-order valence-corrected chi connectivity index (χ2v) is 7.86. The zero-order valence-corrected chi connectivity index (χ0v) is 16.6. The Balaban J connectivity index is 2.07. The number of para-hydroxylation sites is 1. The van der Waals surface area contributed by atoms with Crippen LogP contribution in [-0.4, -0.2) is 6.85 Å². The van der Waals surface area contributed by atoms with Crippen LogP contribution >= 0.6 is 0 Å². The van der Waals surface area contributed by atoms with Gasteiger partial charge in [0, 0.05) is 11.3 Å². The van der Waals surface area contributed by atoms with Gasteiger partial charge in [0.2, 0.25) is 0 Å². The van der Waals surface area contributed by atoms with Crippen molar-refractivity contribution < 1.29 is 0 Å². The number of hydrogen-bond acceptors (Lipinski definition) is 1. The minimum absolute atomic E-state index is 0.194. The molecule has 0 saturated heterocycles. The lowest BCUT2D eigenvalue weighted by Gasteiger charge is -2.32. The van der Waals surface area contributed by atoms with Gasteiger partial charge in [0.25, 0.3) is 0 Å². The highest BCUT2D eigenvalue weighted by molar-refractivity contribution is 6.90. The molecule has 0 saturated carbocycles. The maximum atomic E-state index is 3.86. The van der Waals surface area contributed by atoms with E-state index in [1.54, 1.807) is 0 Å². The fourth-order valence-electron chi connectivity index (χ4n) is 4.74. The molecule has 0 spiro atoms. The van der Waals surface area contributed by atoms with Crippen molar-refractivity contribution in [2.75, 3.05) is 5.23 Å². The van der Waals surface area contributed by atoms with E-state index >= 15 is 0 Å².